The van der Waals surface area contributed by atoms with Crippen LogP contribution in [0.2, 0.25) is 0 Å². The van der Waals surface area contributed by atoms with Crippen molar-refractivity contribution in [1.29, 1.82) is 0 Å². The molecule has 126 valence electrons. The van der Waals surface area contributed by atoms with Crippen molar-refractivity contribution in [2.24, 2.45) is 11.1 Å². The molecular weight excluding hydrogens is 292 g/mol. The average molecular weight is 318 g/mol. The van der Waals surface area contributed by atoms with E-state index in [2.05, 4.69) is 12.1 Å². The van der Waals surface area contributed by atoms with Crippen molar-refractivity contribution < 1.29 is 14.7 Å². The molecule has 1 aromatic carbocycles. The molecular formula is C18H26N2O3. The highest BCUT2D eigenvalue weighted by molar-refractivity contribution is 5.80. The summed E-state index contributed by atoms with van der Waals surface area (Å²) in [4.78, 5) is 14.4. The topological polar surface area (TPSA) is 62.1 Å². The third-order valence-corrected chi connectivity index (χ3v) is 4.00. The van der Waals surface area contributed by atoms with Gasteiger partial charge in [0, 0.05) is 13.0 Å². The molecule has 1 aromatic rings. The normalized spacial score (nSPS) is 25.0. The first-order chi connectivity index (χ1) is 10.8. The number of likely N-dealkylation sites (tertiary alicyclic amines) is 1. The zero-order valence-electron chi connectivity index (χ0n) is 14.3. The minimum atomic E-state index is -0.655. The van der Waals surface area contributed by atoms with Crippen LogP contribution >= 0.6 is 0 Å². The Morgan fingerprint density at radius 1 is 1.43 bits per heavy atom. The second kappa shape index (κ2) is 6.60. The van der Waals surface area contributed by atoms with E-state index in [1.54, 1.807) is 4.90 Å². The molecule has 1 aliphatic heterocycles. The van der Waals surface area contributed by atoms with E-state index in [1.165, 1.54) is 6.21 Å². The number of hydrogen-bond acceptors (Lipinski definition) is 4. The van der Waals surface area contributed by atoms with Crippen LogP contribution in [0.3, 0.4) is 0 Å². The third kappa shape index (κ3) is 4.24. The quantitative estimate of drug-likeness (QED) is 0.525. The molecule has 0 aliphatic carbocycles. The summed E-state index contributed by atoms with van der Waals surface area (Å²) >= 11 is 0. The number of oxime groups is 1. The number of rotatable bonds is 3. The van der Waals surface area contributed by atoms with Gasteiger partial charge in [-0.1, -0.05) is 42.4 Å². The van der Waals surface area contributed by atoms with E-state index in [0.29, 0.717) is 18.9 Å². The highest BCUT2D eigenvalue weighted by Crippen LogP contribution is 2.36. The van der Waals surface area contributed by atoms with Crippen LogP contribution in [-0.2, 0) is 11.2 Å². The van der Waals surface area contributed by atoms with Gasteiger partial charge < -0.3 is 9.94 Å². The highest BCUT2D eigenvalue weighted by Gasteiger charge is 2.47. The third-order valence-electron chi connectivity index (χ3n) is 4.00. The SMILES string of the molecule is C[C@@H]1CN(C(=O)OC(C)(C)C)[C@@](/C=N/O)(Cc2ccccc2)C1. The molecule has 5 heteroatoms. The Bertz CT molecular complexity index is 565. The van der Waals surface area contributed by atoms with Crippen LogP contribution in [-0.4, -0.2) is 40.1 Å². The fraction of sp³-hybridized carbons (Fsp3) is 0.556. The van der Waals surface area contributed by atoms with E-state index in [0.717, 1.165) is 12.0 Å². The van der Waals surface area contributed by atoms with E-state index >= 15 is 0 Å². The summed E-state index contributed by atoms with van der Waals surface area (Å²) in [5.74, 6) is 0.309. The summed E-state index contributed by atoms with van der Waals surface area (Å²) in [6.07, 6.45) is 2.46. The van der Waals surface area contributed by atoms with E-state index in [1.807, 2.05) is 51.1 Å². The highest BCUT2D eigenvalue weighted by atomic mass is 16.6. The first kappa shape index (κ1) is 17.3. The molecule has 5 nitrogen and oxygen atoms in total. The maximum Gasteiger partial charge on any atom is 0.411 e. The molecule has 0 radical (unpaired) electrons. The Hall–Kier alpha value is -2.04. The largest absolute Gasteiger partial charge is 0.444 e. The molecule has 0 aromatic heterocycles. The van der Waals surface area contributed by atoms with Gasteiger partial charge >= 0.3 is 6.09 Å². The lowest BCUT2D eigenvalue weighted by Crippen LogP contribution is -2.51. The zero-order chi connectivity index (χ0) is 17.1. The Morgan fingerprint density at radius 2 is 2.09 bits per heavy atom. The van der Waals surface area contributed by atoms with Gasteiger partial charge in [-0.2, -0.15) is 0 Å². The van der Waals surface area contributed by atoms with Gasteiger partial charge in [0.25, 0.3) is 0 Å². The van der Waals surface area contributed by atoms with Crippen LogP contribution in [0.25, 0.3) is 0 Å². The maximum absolute atomic E-state index is 12.6. The van der Waals surface area contributed by atoms with Crippen LogP contribution in [0.5, 0.6) is 0 Å². The van der Waals surface area contributed by atoms with Crippen molar-refractivity contribution >= 4 is 12.3 Å². The Kier molecular flexibility index (Phi) is 4.97. The van der Waals surface area contributed by atoms with Crippen molar-refractivity contribution in [3.8, 4) is 0 Å². The number of benzene rings is 1. The summed E-state index contributed by atoms with van der Waals surface area (Å²) in [5, 5.41) is 12.5. The standard InChI is InChI=1S/C18H26N2O3/c1-14-10-18(13-19-22,11-15-8-6-5-7-9-15)20(12-14)16(21)23-17(2,3)4/h5-9,13-14,22H,10-12H2,1-4H3/b19-13+/t14-,18+/m0/s1. The first-order valence-electron chi connectivity index (χ1n) is 7.99. The van der Waals surface area contributed by atoms with Gasteiger partial charge in [-0.05, 0) is 38.7 Å². The molecule has 2 rings (SSSR count). The fourth-order valence-corrected chi connectivity index (χ4v) is 3.24. The molecule has 1 amide bonds. The average Bonchev–Trinajstić information content (AvgIpc) is 2.75. The van der Waals surface area contributed by atoms with Crippen LogP contribution in [0.4, 0.5) is 4.79 Å². The van der Waals surface area contributed by atoms with Gasteiger partial charge in [-0.25, -0.2) is 4.79 Å². The van der Waals surface area contributed by atoms with Gasteiger partial charge in [0.2, 0.25) is 0 Å². The number of carbonyl (C=O) groups excluding carboxylic acids is 1. The van der Waals surface area contributed by atoms with Gasteiger partial charge in [-0.3, -0.25) is 4.90 Å². The van der Waals surface area contributed by atoms with Crippen molar-refractivity contribution in [3.05, 3.63) is 35.9 Å². The van der Waals surface area contributed by atoms with E-state index in [4.69, 9.17) is 4.74 Å². The Labute approximate surface area is 137 Å². The van der Waals surface area contributed by atoms with Crippen molar-refractivity contribution in [2.45, 2.75) is 51.7 Å². The number of amides is 1. The summed E-state index contributed by atoms with van der Waals surface area (Å²) in [6, 6.07) is 9.93. The molecule has 1 N–H and O–H groups in total. The summed E-state index contributed by atoms with van der Waals surface area (Å²) in [6.45, 7) is 8.24. The van der Waals surface area contributed by atoms with E-state index in [9.17, 15) is 10.0 Å². The van der Waals surface area contributed by atoms with Gasteiger partial charge in [0.15, 0.2) is 0 Å². The van der Waals surface area contributed by atoms with E-state index < -0.39 is 11.1 Å². The van der Waals surface area contributed by atoms with Crippen molar-refractivity contribution in [1.82, 2.24) is 4.90 Å². The number of nitrogens with zero attached hydrogens (tertiary/aromatic N) is 2. The minimum Gasteiger partial charge on any atom is -0.444 e. The van der Waals surface area contributed by atoms with Crippen molar-refractivity contribution in [3.63, 3.8) is 0 Å². The van der Waals surface area contributed by atoms with Crippen LogP contribution < -0.4 is 0 Å². The maximum atomic E-state index is 12.6. The van der Waals surface area contributed by atoms with Crippen LogP contribution in [0, 0.1) is 5.92 Å². The van der Waals surface area contributed by atoms with Crippen LogP contribution in [0.15, 0.2) is 35.5 Å². The van der Waals surface area contributed by atoms with Crippen molar-refractivity contribution in [2.75, 3.05) is 6.54 Å². The second-order valence-electron chi connectivity index (χ2n) is 7.41. The predicted molar refractivity (Wildman–Crippen MR) is 89.9 cm³/mol. The molecule has 1 heterocycles. The lowest BCUT2D eigenvalue weighted by Gasteiger charge is -2.36. The molecule has 23 heavy (non-hydrogen) atoms. The summed E-state index contributed by atoms with van der Waals surface area (Å²) in [7, 11) is 0. The van der Waals surface area contributed by atoms with Gasteiger partial charge in [0.1, 0.15) is 5.60 Å². The molecule has 2 atom stereocenters. The fourth-order valence-electron chi connectivity index (χ4n) is 3.24. The molecule has 0 unspecified atom stereocenters. The smallest absolute Gasteiger partial charge is 0.411 e. The summed E-state index contributed by atoms with van der Waals surface area (Å²) < 4.78 is 5.55. The molecule has 1 fully saturated rings. The summed E-state index contributed by atoms with van der Waals surface area (Å²) in [5.41, 5.74) is -0.120. The lowest BCUT2D eigenvalue weighted by molar-refractivity contribution is 0.0170. The lowest BCUT2D eigenvalue weighted by atomic mass is 9.87. The minimum absolute atomic E-state index is 0.309. The van der Waals surface area contributed by atoms with Gasteiger partial charge in [0.05, 0.1) is 11.8 Å². The monoisotopic (exact) mass is 318 g/mol. The molecule has 0 spiro atoms. The van der Waals surface area contributed by atoms with Gasteiger partial charge in [-0.15, -0.1) is 0 Å². The van der Waals surface area contributed by atoms with E-state index in [-0.39, 0.29) is 6.09 Å². The molecule has 1 saturated heterocycles. The molecule has 0 saturated carbocycles. The number of hydrogen-bond donors (Lipinski definition) is 1. The first-order valence-corrected chi connectivity index (χ1v) is 7.99. The van der Waals surface area contributed by atoms with Crippen LogP contribution in [0.1, 0.15) is 39.7 Å². The molecule has 1 aliphatic rings. The zero-order valence-corrected chi connectivity index (χ0v) is 14.3. The number of carbonyl (C=O) groups is 1. The Balaban J connectivity index is 2.32. The Morgan fingerprint density at radius 3 is 2.65 bits per heavy atom. The predicted octanol–water partition coefficient (Wildman–Crippen LogP) is 3.70. The second-order valence-corrected chi connectivity index (χ2v) is 7.41. The number of ether oxygens (including phenoxy) is 1. The molecule has 0 bridgehead atoms.